The number of carbonyl (C=O) groups is 1. The van der Waals surface area contributed by atoms with Crippen LogP contribution in [-0.2, 0) is 11.3 Å². The molecule has 0 radical (unpaired) electrons. The first kappa shape index (κ1) is 22.1. The van der Waals surface area contributed by atoms with E-state index < -0.39 is 4.92 Å². The Hall–Kier alpha value is -2.90. The maximum absolute atomic E-state index is 12.4. The molecule has 0 spiro atoms. The summed E-state index contributed by atoms with van der Waals surface area (Å²) in [5.74, 6) is 0.611. The summed E-state index contributed by atoms with van der Waals surface area (Å²) in [4.78, 5) is 30.8. The lowest BCUT2D eigenvalue weighted by atomic mass is 10.2. The van der Waals surface area contributed by atoms with Gasteiger partial charge in [-0.1, -0.05) is 24.3 Å². The smallest absolute Gasteiger partial charge is 0.269 e. The van der Waals surface area contributed by atoms with Crippen LogP contribution in [0.2, 0.25) is 0 Å². The molecule has 0 aliphatic carbocycles. The molecule has 0 heterocycles. The lowest BCUT2D eigenvalue weighted by Gasteiger charge is -2.26. The van der Waals surface area contributed by atoms with Gasteiger partial charge in [-0.3, -0.25) is 14.9 Å². The summed E-state index contributed by atoms with van der Waals surface area (Å²) in [6.45, 7) is 12.1. The third-order valence-corrected chi connectivity index (χ3v) is 3.96. The van der Waals surface area contributed by atoms with Gasteiger partial charge in [-0.25, -0.2) is 4.99 Å². The summed E-state index contributed by atoms with van der Waals surface area (Å²) < 4.78 is 0. The van der Waals surface area contributed by atoms with Gasteiger partial charge in [-0.15, -0.1) is 0 Å². The average Bonchev–Trinajstić information content (AvgIpc) is 2.62. The van der Waals surface area contributed by atoms with E-state index in [0.29, 0.717) is 32.1 Å². The van der Waals surface area contributed by atoms with Gasteiger partial charge in [0.2, 0.25) is 5.91 Å². The van der Waals surface area contributed by atoms with Crippen molar-refractivity contribution in [2.24, 2.45) is 4.99 Å². The molecule has 0 saturated carbocycles. The highest BCUT2D eigenvalue weighted by molar-refractivity contribution is 5.86. The maximum atomic E-state index is 12.4. The maximum Gasteiger partial charge on any atom is 0.269 e. The molecule has 0 aliphatic heterocycles. The Kier molecular flexibility index (Phi) is 8.98. The predicted molar refractivity (Wildman–Crippen MR) is 108 cm³/mol. The lowest BCUT2D eigenvalue weighted by molar-refractivity contribution is -0.384. The van der Waals surface area contributed by atoms with Crippen LogP contribution in [0.15, 0.2) is 41.4 Å². The summed E-state index contributed by atoms with van der Waals surface area (Å²) in [5, 5.41) is 13.9. The average molecular weight is 375 g/mol. The Morgan fingerprint density at radius 1 is 1.26 bits per heavy atom. The Bertz CT molecular complexity index is 681. The van der Waals surface area contributed by atoms with Gasteiger partial charge in [-0.2, -0.15) is 0 Å². The molecule has 1 aromatic rings. The minimum Gasteiger partial charge on any atom is -0.353 e. The van der Waals surface area contributed by atoms with E-state index in [2.05, 4.69) is 16.9 Å². The molecular formula is C19H29N5O3. The number of nitro groups is 1. The van der Waals surface area contributed by atoms with Crippen LogP contribution in [0.1, 0.15) is 26.3 Å². The van der Waals surface area contributed by atoms with E-state index >= 15 is 0 Å². The fourth-order valence-corrected chi connectivity index (χ4v) is 2.38. The molecule has 1 aromatic carbocycles. The van der Waals surface area contributed by atoms with E-state index in [1.54, 1.807) is 21.9 Å². The zero-order valence-corrected chi connectivity index (χ0v) is 16.6. The minimum atomic E-state index is -0.431. The van der Waals surface area contributed by atoms with Gasteiger partial charge in [0, 0.05) is 38.8 Å². The van der Waals surface area contributed by atoms with Crippen molar-refractivity contribution in [1.29, 1.82) is 0 Å². The van der Waals surface area contributed by atoms with Crippen molar-refractivity contribution in [2.75, 3.05) is 33.2 Å². The molecule has 0 aromatic heterocycles. The van der Waals surface area contributed by atoms with Gasteiger partial charge in [0.25, 0.3) is 5.69 Å². The van der Waals surface area contributed by atoms with Gasteiger partial charge < -0.3 is 15.1 Å². The first-order valence-electron chi connectivity index (χ1n) is 8.93. The third-order valence-electron chi connectivity index (χ3n) is 3.96. The zero-order valence-electron chi connectivity index (χ0n) is 16.6. The molecular weight excluding hydrogens is 346 g/mol. The van der Waals surface area contributed by atoms with Crippen molar-refractivity contribution in [3.05, 3.63) is 52.1 Å². The monoisotopic (exact) mass is 375 g/mol. The number of amides is 1. The quantitative estimate of drug-likeness (QED) is 0.235. The van der Waals surface area contributed by atoms with Crippen LogP contribution in [0.4, 0.5) is 5.69 Å². The van der Waals surface area contributed by atoms with Crippen LogP contribution in [0.3, 0.4) is 0 Å². The number of aliphatic imine (C=N–C) groups is 1. The molecule has 0 atom stereocenters. The molecule has 148 valence electrons. The van der Waals surface area contributed by atoms with E-state index in [0.717, 1.165) is 11.1 Å². The number of nitro benzene ring substituents is 1. The van der Waals surface area contributed by atoms with Crippen LogP contribution < -0.4 is 5.32 Å². The van der Waals surface area contributed by atoms with Gasteiger partial charge in [0.05, 0.1) is 18.0 Å². The van der Waals surface area contributed by atoms with E-state index in [-0.39, 0.29) is 18.1 Å². The largest absolute Gasteiger partial charge is 0.353 e. The number of nitrogens with one attached hydrogen (secondary N) is 1. The topological polar surface area (TPSA) is 91.1 Å². The van der Waals surface area contributed by atoms with Crippen molar-refractivity contribution >= 4 is 17.6 Å². The number of rotatable bonds is 9. The summed E-state index contributed by atoms with van der Waals surface area (Å²) in [6.07, 6.45) is 0. The number of benzene rings is 1. The molecule has 1 N–H and O–H groups in total. The molecule has 0 fully saturated rings. The number of guanidine groups is 1. The van der Waals surface area contributed by atoms with E-state index in [9.17, 15) is 14.9 Å². The Morgan fingerprint density at radius 2 is 1.85 bits per heavy atom. The van der Waals surface area contributed by atoms with E-state index in [4.69, 9.17) is 0 Å². The Balaban J connectivity index is 2.87. The van der Waals surface area contributed by atoms with Crippen molar-refractivity contribution in [1.82, 2.24) is 15.1 Å². The summed E-state index contributed by atoms with van der Waals surface area (Å²) >= 11 is 0. The minimum absolute atomic E-state index is 0.0302. The molecule has 0 unspecified atom stereocenters. The van der Waals surface area contributed by atoms with Gasteiger partial charge >= 0.3 is 0 Å². The Morgan fingerprint density at radius 3 is 2.33 bits per heavy atom. The van der Waals surface area contributed by atoms with Gasteiger partial charge in [-0.05, 0) is 26.3 Å². The molecule has 8 heteroatoms. The van der Waals surface area contributed by atoms with Crippen LogP contribution in [0.25, 0.3) is 0 Å². The molecule has 27 heavy (non-hydrogen) atoms. The van der Waals surface area contributed by atoms with Crippen LogP contribution in [-0.4, -0.2) is 59.8 Å². The van der Waals surface area contributed by atoms with Crippen molar-refractivity contribution < 1.29 is 9.72 Å². The van der Waals surface area contributed by atoms with E-state index in [1.165, 1.54) is 12.1 Å². The van der Waals surface area contributed by atoms with Crippen LogP contribution >= 0.6 is 0 Å². The van der Waals surface area contributed by atoms with Crippen LogP contribution in [0.5, 0.6) is 0 Å². The van der Waals surface area contributed by atoms with E-state index in [1.807, 2.05) is 27.8 Å². The summed E-state index contributed by atoms with van der Waals surface area (Å²) in [6, 6.07) is 6.27. The first-order valence-corrected chi connectivity index (χ1v) is 8.93. The molecule has 1 rings (SSSR count). The predicted octanol–water partition coefficient (Wildman–Crippen LogP) is 2.42. The molecule has 1 amide bonds. The summed E-state index contributed by atoms with van der Waals surface area (Å²) in [5.41, 5.74) is 1.84. The molecule has 0 aliphatic rings. The van der Waals surface area contributed by atoms with Crippen molar-refractivity contribution in [2.45, 2.75) is 27.3 Å². The zero-order chi connectivity index (χ0) is 20.4. The van der Waals surface area contributed by atoms with Gasteiger partial charge in [0.1, 0.15) is 0 Å². The molecule has 0 bridgehead atoms. The fraction of sp³-hybridized carbons (Fsp3) is 0.474. The standard InChI is InChI=1S/C19H29N5O3/c1-6-23(7-2)18(25)14-22(5)19(20-12-15(3)4)21-13-16-8-10-17(11-9-16)24(26)27/h8-11H,3,6-7,12-14H2,1-2,4-5H3,(H,20,21). The lowest BCUT2D eigenvalue weighted by Crippen LogP contribution is -2.46. The second kappa shape index (κ2) is 10.9. The van der Waals surface area contributed by atoms with Crippen molar-refractivity contribution in [3.63, 3.8) is 0 Å². The highest BCUT2D eigenvalue weighted by atomic mass is 16.6. The highest BCUT2D eigenvalue weighted by Gasteiger charge is 2.15. The number of hydrogen-bond donors (Lipinski definition) is 1. The highest BCUT2D eigenvalue weighted by Crippen LogP contribution is 2.12. The third kappa shape index (κ3) is 7.47. The SMILES string of the molecule is C=C(C)CNC(=NCc1ccc([N+](=O)[O-])cc1)N(C)CC(=O)N(CC)CC. The number of likely N-dealkylation sites (N-methyl/N-ethyl adjacent to an activating group) is 2. The second-order valence-electron chi connectivity index (χ2n) is 6.30. The normalized spacial score (nSPS) is 11.0. The number of hydrogen-bond acceptors (Lipinski definition) is 4. The van der Waals surface area contributed by atoms with Gasteiger partial charge in [0.15, 0.2) is 5.96 Å². The molecule has 8 nitrogen and oxygen atoms in total. The molecule has 0 saturated heterocycles. The number of carbonyl (C=O) groups excluding carboxylic acids is 1. The number of nitrogens with zero attached hydrogens (tertiary/aromatic N) is 4. The van der Waals surface area contributed by atoms with Crippen LogP contribution in [0, 0.1) is 10.1 Å². The summed E-state index contributed by atoms with van der Waals surface area (Å²) in [7, 11) is 1.81. The first-order chi connectivity index (χ1) is 12.8. The second-order valence-corrected chi connectivity index (χ2v) is 6.30. The fourth-order valence-electron chi connectivity index (χ4n) is 2.38. The van der Waals surface area contributed by atoms with Crippen molar-refractivity contribution in [3.8, 4) is 0 Å². The Labute approximate surface area is 160 Å². The number of non-ortho nitro benzene ring substituents is 1.